The highest BCUT2D eigenvalue weighted by Gasteiger charge is 2.52. The van der Waals surface area contributed by atoms with Crippen molar-refractivity contribution in [1.82, 2.24) is 15.1 Å². The number of imide groups is 1. The molecule has 1 saturated heterocycles. The molecule has 9 nitrogen and oxygen atoms in total. The minimum atomic E-state index is -2.27. The third-order valence-corrected chi connectivity index (χ3v) is 5.59. The van der Waals surface area contributed by atoms with Crippen molar-refractivity contribution in [3.05, 3.63) is 59.7 Å². The summed E-state index contributed by atoms with van der Waals surface area (Å²) in [6, 6.07) is 13.2. The van der Waals surface area contributed by atoms with E-state index in [1.54, 1.807) is 17.0 Å². The van der Waals surface area contributed by atoms with E-state index in [4.69, 9.17) is 4.74 Å². The molecule has 0 saturated carbocycles. The summed E-state index contributed by atoms with van der Waals surface area (Å²) in [5.74, 6) is -0.815. The van der Waals surface area contributed by atoms with Gasteiger partial charge < -0.3 is 20.1 Å². The average Bonchev–Trinajstić information content (AvgIpc) is 3.01. The molecule has 2 aromatic carbocycles. The van der Waals surface area contributed by atoms with E-state index in [0.29, 0.717) is 25.4 Å². The zero-order valence-electron chi connectivity index (χ0n) is 18.0. The molecular formula is C23H26N4O5. The fraction of sp³-hybridized carbons (Fsp3) is 0.348. The maximum Gasteiger partial charge on any atom is 0.327 e. The van der Waals surface area contributed by atoms with Gasteiger partial charge in [-0.05, 0) is 31.5 Å². The van der Waals surface area contributed by atoms with Gasteiger partial charge in [0, 0.05) is 24.7 Å². The summed E-state index contributed by atoms with van der Waals surface area (Å²) >= 11 is 0. The van der Waals surface area contributed by atoms with Gasteiger partial charge in [0.2, 0.25) is 11.6 Å². The molecule has 3 N–H and O–H groups in total. The Balaban J connectivity index is 1.52. The summed E-state index contributed by atoms with van der Waals surface area (Å²) in [5, 5.41) is 16.5. The normalized spacial score (nSPS) is 19.8. The van der Waals surface area contributed by atoms with Gasteiger partial charge >= 0.3 is 6.03 Å². The number of anilines is 1. The van der Waals surface area contributed by atoms with Crippen LogP contribution in [-0.2, 0) is 21.9 Å². The van der Waals surface area contributed by atoms with Crippen LogP contribution in [0.25, 0.3) is 0 Å². The molecular weight excluding hydrogens is 412 g/mol. The van der Waals surface area contributed by atoms with Crippen molar-refractivity contribution in [1.29, 1.82) is 0 Å². The predicted molar refractivity (Wildman–Crippen MR) is 117 cm³/mol. The van der Waals surface area contributed by atoms with Crippen molar-refractivity contribution in [2.24, 2.45) is 0 Å². The van der Waals surface area contributed by atoms with Gasteiger partial charge in [-0.25, -0.2) is 4.79 Å². The molecule has 4 rings (SSSR count). The van der Waals surface area contributed by atoms with E-state index in [2.05, 4.69) is 10.6 Å². The third-order valence-electron chi connectivity index (χ3n) is 5.59. The van der Waals surface area contributed by atoms with Crippen LogP contribution in [0.4, 0.5) is 10.5 Å². The first-order chi connectivity index (χ1) is 15.3. The van der Waals surface area contributed by atoms with Gasteiger partial charge in [0.25, 0.3) is 5.91 Å². The summed E-state index contributed by atoms with van der Waals surface area (Å²) < 4.78 is 5.56. The van der Waals surface area contributed by atoms with E-state index in [9.17, 15) is 19.5 Å². The predicted octanol–water partition coefficient (Wildman–Crippen LogP) is 1.63. The van der Waals surface area contributed by atoms with Crippen LogP contribution in [0.3, 0.4) is 0 Å². The molecule has 2 aromatic rings. The van der Waals surface area contributed by atoms with E-state index >= 15 is 0 Å². The molecule has 0 bridgehead atoms. The Kier molecular flexibility index (Phi) is 5.75. The Labute approximate surface area is 186 Å². The molecule has 2 aliphatic heterocycles. The van der Waals surface area contributed by atoms with Crippen LogP contribution in [0.1, 0.15) is 25.0 Å². The average molecular weight is 438 g/mol. The van der Waals surface area contributed by atoms with E-state index in [1.807, 2.05) is 44.2 Å². The van der Waals surface area contributed by atoms with E-state index in [1.165, 1.54) is 6.07 Å². The maximum absolute atomic E-state index is 13.1. The van der Waals surface area contributed by atoms with Crippen LogP contribution in [0.5, 0.6) is 5.75 Å². The molecule has 1 fully saturated rings. The first kappa shape index (κ1) is 21.6. The number of urea groups is 1. The number of ether oxygens (including phenoxy) is 1. The van der Waals surface area contributed by atoms with Crippen LogP contribution in [0.15, 0.2) is 48.5 Å². The standard InChI is InChI=1S/C23H26N4O5/c1-15(2)26(13-16-6-4-3-5-7-16)20(28)14-27-21(29)23(31,25-22(27)30)17-8-9-18-19(12-17)32-11-10-24-18/h3-9,12,15,24,31H,10-11,13-14H2,1-2H3,(H,25,30). The first-order valence-corrected chi connectivity index (χ1v) is 10.5. The van der Waals surface area contributed by atoms with Gasteiger partial charge in [-0.1, -0.05) is 36.4 Å². The number of nitrogens with one attached hydrogen (secondary N) is 2. The van der Waals surface area contributed by atoms with Crippen molar-refractivity contribution >= 4 is 23.5 Å². The Hall–Kier alpha value is -3.59. The highest BCUT2D eigenvalue weighted by atomic mass is 16.5. The fourth-order valence-electron chi connectivity index (χ4n) is 3.83. The molecule has 168 valence electrons. The maximum atomic E-state index is 13.1. The molecule has 0 aromatic heterocycles. The van der Waals surface area contributed by atoms with Gasteiger partial charge in [0.1, 0.15) is 18.9 Å². The zero-order valence-corrected chi connectivity index (χ0v) is 18.0. The molecule has 0 aliphatic carbocycles. The quantitative estimate of drug-likeness (QED) is 0.591. The second-order valence-electron chi connectivity index (χ2n) is 8.12. The summed E-state index contributed by atoms with van der Waals surface area (Å²) in [5.41, 5.74) is -0.431. The van der Waals surface area contributed by atoms with Gasteiger partial charge in [-0.2, -0.15) is 0 Å². The Morgan fingerprint density at radius 2 is 1.97 bits per heavy atom. The monoisotopic (exact) mass is 438 g/mol. The second-order valence-corrected chi connectivity index (χ2v) is 8.12. The molecule has 9 heteroatoms. The van der Waals surface area contributed by atoms with Gasteiger partial charge in [-0.3, -0.25) is 19.8 Å². The number of fused-ring (bicyclic) bond motifs is 1. The van der Waals surface area contributed by atoms with Crippen molar-refractivity contribution in [2.75, 3.05) is 25.0 Å². The van der Waals surface area contributed by atoms with Crippen molar-refractivity contribution in [3.8, 4) is 5.75 Å². The fourth-order valence-corrected chi connectivity index (χ4v) is 3.83. The number of hydrogen-bond donors (Lipinski definition) is 3. The lowest BCUT2D eigenvalue weighted by Crippen LogP contribution is -2.47. The highest BCUT2D eigenvalue weighted by molar-refractivity contribution is 6.08. The van der Waals surface area contributed by atoms with Crippen molar-refractivity contribution < 1.29 is 24.2 Å². The molecule has 0 radical (unpaired) electrons. The smallest absolute Gasteiger partial charge is 0.327 e. The van der Waals surface area contributed by atoms with Crippen molar-refractivity contribution in [2.45, 2.75) is 32.2 Å². The topological polar surface area (TPSA) is 111 Å². The number of rotatable bonds is 6. The van der Waals surface area contributed by atoms with E-state index < -0.39 is 30.1 Å². The largest absolute Gasteiger partial charge is 0.490 e. The number of carbonyl (C=O) groups excluding carboxylic acids is 3. The second kappa shape index (κ2) is 8.51. The van der Waals surface area contributed by atoms with Crippen LogP contribution in [-0.4, -0.2) is 58.5 Å². The van der Waals surface area contributed by atoms with Crippen molar-refractivity contribution in [3.63, 3.8) is 0 Å². The molecule has 32 heavy (non-hydrogen) atoms. The third kappa shape index (κ3) is 3.99. The van der Waals surface area contributed by atoms with Crippen LogP contribution < -0.4 is 15.4 Å². The minimum Gasteiger partial charge on any atom is -0.490 e. The zero-order chi connectivity index (χ0) is 22.9. The van der Waals surface area contributed by atoms with E-state index in [0.717, 1.165) is 16.2 Å². The van der Waals surface area contributed by atoms with Crippen LogP contribution in [0.2, 0.25) is 0 Å². The Morgan fingerprint density at radius 3 is 2.69 bits per heavy atom. The SMILES string of the molecule is CC(C)N(Cc1ccccc1)C(=O)CN1C(=O)NC(O)(c2ccc3c(c2)OCCN3)C1=O. The number of carbonyl (C=O) groups is 3. The number of benzene rings is 2. The van der Waals surface area contributed by atoms with Gasteiger partial charge in [-0.15, -0.1) is 0 Å². The highest BCUT2D eigenvalue weighted by Crippen LogP contribution is 2.34. The van der Waals surface area contributed by atoms with Gasteiger partial charge in [0.15, 0.2) is 0 Å². The number of aliphatic hydroxyl groups is 1. The Bertz CT molecular complexity index is 1040. The molecule has 1 unspecified atom stereocenters. The molecule has 0 spiro atoms. The molecule has 2 heterocycles. The van der Waals surface area contributed by atoms with Crippen LogP contribution >= 0.6 is 0 Å². The lowest BCUT2D eigenvalue weighted by atomic mass is 10.0. The summed E-state index contributed by atoms with van der Waals surface area (Å²) in [6.45, 7) is 4.70. The summed E-state index contributed by atoms with van der Waals surface area (Å²) in [4.78, 5) is 41.0. The van der Waals surface area contributed by atoms with E-state index in [-0.39, 0.29) is 11.6 Å². The number of nitrogens with zero attached hydrogens (tertiary/aromatic N) is 2. The lowest BCUT2D eigenvalue weighted by Gasteiger charge is -2.28. The number of amides is 4. The summed E-state index contributed by atoms with van der Waals surface area (Å²) in [7, 11) is 0. The first-order valence-electron chi connectivity index (χ1n) is 10.5. The Morgan fingerprint density at radius 1 is 1.22 bits per heavy atom. The lowest BCUT2D eigenvalue weighted by molar-refractivity contribution is -0.148. The number of hydrogen-bond acceptors (Lipinski definition) is 6. The molecule has 4 amide bonds. The van der Waals surface area contributed by atoms with Gasteiger partial charge in [0.05, 0.1) is 5.69 Å². The molecule has 2 aliphatic rings. The minimum absolute atomic E-state index is 0.146. The van der Waals surface area contributed by atoms with Crippen LogP contribution in [0, 0.1) is 0 Å². The summed E-state index contributed by atoms with van der Waals surface area (Å²) in [6.07, 6.45) is 0. The molecule has 1 atom stereocenters.